The number of likely N-dealkylation sites (tertiary alicyclic amines) is 1. The van der Waals surface area contributed by atoms with Crippen LogP contribution in [0.2, 0.25) is 0 Å². The minimum absolute atomic E-state index is 0.282. The largest absolute Gasteiger partial charge is 0.480 e. The highest BCUT2D eigenvalue weighted by Crippen LogP contribution is 2.17. The van der Waals surface area contributed by atoms with Crippen LogP contribution in [-0.2, 0) is 19.2 Å². The monoisotopic (exact) mass is 288 g/mol. The van der Waals surface area contributed by atoms with E-state index in [2.05, 4.69) is 0 Å². The molecule has 1 aliphatic rings. The van der Waals surface area contributed by atoms with Crippen LogP contribution in [0.3, 0.4) is 0 Å². The summed E-state index contributed by atoms with van der Waals surface area (Å²) < 4.78 is 0. The number of carboxylic acids is 3. The summed E-state index contributed by atoms with van der Waals surface area (Å²) in [4.78, 5) is 46.3. The van der Waals surface area contributed by atoms with Gasteiger partial charge in [-0.2, -0.15) is 0 Å². The second-order valence-corrected chi connectivity index (χ2v) is 4.52. The minimum Gasteiger partial charge on any atom is -0.480 e. The molecule has 1 aliphatic heterocycles. The maximum absolute atomic E-state index is 12.0. The lowest BCUT2D eigenvalue weighted by molar-refractivity contribution is -0.150. The highest BCUT2D eigenvalue weighted by Gasteiger charge is 2.34. The average molecular weight is 288 g/mol. The normalized spacial score (nSPS) is 18.2. The zero-order valence-electron chi connectivity index (χ0n) is 10.7. The van der Waals surface area contributed by atoms with Crippen LogP contribution in [0.5, 0.6) is 0 Å². The van der Waals surface area contributed by atoms with Crippen LogP contribution in [0.25, 0.3) is 0 Å². The fourth-order valence-corrected chi connectivity index (χ4v) is 2.15. The molecule has 0 radical (unpaired) electrons. The molecule has 1 heterocycles. The minimum atomic E-state index is -1.25. The van der Waals surface area contributed by atoms with Crippen molar-refractivity contribution in [2.75, 3.05) is 26.2 Å². The summed E-state index contributed by atoms with van der Waals surface area (Å²) in [6, 6.07) is -0.918. The van der Waals surface area contributed by atoms with Crippen LogP contribution < -0.4 is 0 Å². The molecule has 0 bridgehead atoms. The predicted molar refractivity (Wildman–Crippen MR) is 64.1 cm³/mol. The Bertz CT molecular complexity index is 407. The van der Waals surface area contributed by atoms with Crippen molar-refractivity contribution in [1.82, 2.24) is 9.80 Å². The summed E-state index contributed by atoms with van der Waals surface area (Å²) in [5.41, 5.74) is 0. The number of carbonyl (C=O) groups is 4. The van der Waals surface area contributed by atoms with E-state index in [1.165, 1.54) is 0 Å². The van der Waals surface area contributed by atoms with Gasteiger partial charge in [0.15, 0.2) is 0 Å². The standard InChI is InChI=1S/C11H16N2O7/c14-8(13-3-1-2-7(13)11(19)20)4-12(5-9(15)16)6-10(17)18/h7H,1-6H2,(H,15,16)(H,17,18)(H,19,20). The van der Waals surface area contributed by atoms with Crippen molar-refractivity contribution in [3.63, 3.8) is 0 Å². The average Bonchev–Trinajstić information content (AvgIpc) is 2.75. The van der Waals surface area contributed by atoms with Gasteiger partial charge in [-0.3, -0.25) is 19.3 Å². The fourth-order valence-electron chi connectivity index (χ4n) is 2.15. The number of rotatable bonds is 7. The number of amides is 1. The first kappa shape index (κ1) is 15.9. The van der Waals surface area contributed by atoms with Crippen LogP contribution >= 0.6 is 0 Å². The van der Waals surface area contributed by atoms with Gasteiger partial charge in [0.25, 0.3) is 0 Å². The van der Waals surface area contributed by atoms with E-state index in [9.17, 15) is 19.2 Å². The van der Waals surface area contributed by atoms with E-state index in [1.54, 1.807) is 0 Å². The Morgan fingerprint density at radius 1 is 1.00 bits per heavy atom. The van der Waals surface area contributed by atoms with E-state index in [-0.39, 0.29) is 6.54 Å². The van der Waals surface area contributed by atoms with Crippen LogP contribution in [-0.4, -0.2) is 81.2 Å². The maximum Gasteiger partial charge on any atom is 0.326 e. The maximum atomic E-state index is 12.0. The molecule has 1 saturated heterocycles. The van der Waals surface area contributed by atoms with Gasteiger partial charge in [-0.15, -0.1) is 0 Å². The lowest BCUT2D eigenvalue weighted by atomic mass is 10.2. The van der Waals surface area contributed by atoms with Crippen molar-refractivity contribution >= 4 is 23.8 Å². The van der Waals surface area contributed by atoms with Gasteiger partial charge in [0, 0.05) is 6.54 Å². The van der Waals surface area contributed by atoms with Crippen LogP contribution in [0.4, 0.5) is 0 Å². The fraction of sp³-hybridized carbons (Fsp3) is 0.636. The van der Waals surface area contributed by atoms with E-state index >= 15 is 0 Å². The molecule has 0 aromatic rings. The molecule has 112 valence electrons. The third-order valence-corrected chi connectivity index (χ3v) is 2.93. The van der Waals surface area contributed by atoms with Crippen LogP contribution in [0, 0.1) is 0 Å². The zero-order chi connectivity index (χ0) is 15.3. The molecule has 0 aliphatic carbocycles. The first-order valence-electron chi connectivity index (χ1n) is 5.99. The Labute approximate surface area is 114 Å². The molecular weight excluding hydrogens is 272 g/mol. The lowest BCUT2D eigenvalue weighted by Crippen LogP contribution is -2.47. The number of nitrogens with zero attached hydrogens (tertiary/aromatic N) is 2. The van der Waals surface area contributed by atoms with E-state index in [0.29, 0.717) is 12.8 Å². The van der Waals surface area contributed by atoms with Gasteiger partial charge in [0.2, 0.25) is 5.91 Å². The summed E-state index contributed by atoms with van der Waals surface area (Å²) in [7, 11) is 0. The topological polar surface area (TPSA) is 135 Å². The zero-order valence-corrected chi connectivity index (χ0v) is 10.7. The van der Waals surface area contributed by atoms with Crippen molar-refractivity contribution < 1.29 is 34.5 Å². The van der Waals surface area contributed by atoms with Crippen molar-refractivity contribution in [3.05, 3.63) is 0 Å². The third kappa shape index (κ3) is 4.50. The highest BCUT2D eigenvalue weighted by molar-refractivity contribution is 5.86. The molecule has 20 heavy (non-hydrogen) atoms. The lowest BCUT2D eigenvalue weighted by Gasteiger charge is -2.25. The highest BCUT2D eigenvalue weighted by atomic mass is 16.4. The number of hydrogen-bond donors (Lipinski definition) is 3. The molecule has 0 aromatic carbocycles. The van der Waals surface area contributed by atoms with Gasteiger partial charge in [-0.1, -0.05) is 0 Å². The second-order valence-electron chi connectivity index (χ2n) is 4.52. The Hall–Kier alpha value is -2.16. The molecular formula is C11H16N2O7. The first-order valence-corrected chi connectivity index (χ1v) is 5.99. The quantitative estimate of drug-likeness (QED) is 0.517. The Morgan fingerprint density at radius 2 is 1.55 bits per heavy atom. The molecule has 0 spiro atoms. The van der Waals surface area contributed by atoms with E-state index in [1.807, 2.05) is 0 Å². The molecule has 0 aromatic heterocycles. The van der Waals surface area contributed by atoms with Gasteiger partial charge in [-0.25, -0.2) is 4.79 Å². The van der Waals surface area contributed by atoms with E-state index in [0.717, 1.165) is 9.80 Å². The summed E-state index contributed by atoms with van der Waals surface area (Å²) in [6.07, 6.45) is 0.902. The van der Waals surface area contributed by atoms with Crippen LogP contribution in [0.1, 0.15) is 12.8 Å². The van der Waals surface area contributed by atoms with Gasteiger partial charge in [0.1, 0.15) is 6.04 Å². The molecule has 1 atom stereocenters. The number of carbonyl (C=O) groups excluding carboxylic acids is 1. The molecule has 3 N–H and O–H groups in total. The molecule has 1 rings (SSSR count). The predicted octanol–water partition coefficient (Wildman–Crippen LogP) is -1.47. The van der Waals surface area contributed by atoms with Crippen molar-refractivity contribution in [1.29, 1.82) is 0 Å². The van der Waals surface area contributed by atoms with E-state index < -0.39 is 49.5 Å². The summed E-state index contributed by atoms with van der Waals surface area (Å²) in [5, 5.41) is 26.3. The smallest absolute Gasteiger partial charge is 0.326 e. The van der Waals surface area contributed by atoms with Crippen molar-refractivity contribution in [2.24, 2.45) is 0 Å². The van der Waals surface area contributed by atoms with Gasteiger partial charge in [-0.05, 0) is 12.8 Å². The van der Waals surface area contributed by atoms with Gasteiger partial charge >= 0.3 is 17.9 Å². The van der Waals surface area contributed by atoms with Gasteiger partial charge < -0.3 is 20.2 Å². The summed E-state index contributed by atoms with van der Waals surface area (Å²) >= 11 is 0. The molecule has 9 nitrogen and oxygen atoms in total. The van der Waals surface area contributed by atoms with E-state index in [4.69, 9.17) is 15.3 Å². The van der Waals surface area contributed by atoms with Crippen molar-refractivity contribution in [3.8, 4) is 0 Å². The molecule has 1 unspecified atom stereocenters. The molecule has 9 heteroatoms. The Morgan fingerprint density at radius 3 is 2.00 bits per heavy atom. The number of carboxylic acid groups (broad SMARTS) is 3. The third-order valence-electron chi connectivity index (χ3n) is 2.93. The Kier molecular flexibility index (Phi) is 5.44. The summed E-state index contributed by atoms with van der Waals surface area (Å²) in [5.74, 6) is -4.19. The number of aliphatic carboxylic acids is 3. The van der Waals surface area contributed by atoms with Crippen molar-refractivity contribution in [2.45, 2.75) is 18.9 Å². The second kappa shape index (κ2) is 6.85. The van der Waals surface area contributed by atoms with Gasteiger partial charge in [0.05, 0.1) is 19.6 Å². The Balaban J connectivity index is 2.67. The molecule has 0 saturated carbocycles. The number of hydrogen-bond acceptors (Lipinski definition) is 5. The summed E-state index contributed by atoms with van der Waals surface area (Å²) in [6.45, 7) is -1.33. The molecule has 1 fully saturated rings. The SMILES string of the molecule is O=C(O)CN(CC(=O)O)CC(=O)N1CCCC1C(=O)O. The molecule has 1 amide bonds. The first-order chi connectivity index (χ1) is 9.31. The van der Waals surface area contributed by atoms with Crippen LogP contribution in [0.15, 0.2) is 0 Å².